The van der Waals surface area contributed by atoms with Crippen molar-refractivity contribution in [3.8, 4) is 0 Å². The minimum absolute atomic E-state index is 0.868. The summed E-state index contributed by atoms with van der Waals surface area (Å²) in [5, 5.41) is 1.22. The molecule has 0 amide bonds. The second kappa shape index (κ2) is 6.49. The third-order valence-corrected chi connectivity index (χ3v) is 9.59. The fourth-order valence-corrected chi connectivity index (χ4v) is 7.75. The van der Waals surface area contributed by atoms with E-state index in [-0.39, 0.29) is 0 Å². The average Bonchev–Trinajstić information content (AvgIpc) is 3.01. The maximum atomic E-state index is 6.30. The first kappa shape index (κ1) is 17.7. The van der Waals surface area contributed by atoms with Crippen molar-refractivity contribution in [1.29, 1.82) is 0 Å². The van der Waals surface area contributed by atoms with Crippen molar-refractivity contribution in [2.24, 2.45) is 4.76 Å². The van der Waals surface area contributed by atoms with E-state index >= 15 is 0 Å². The van der Waals surface area contributed by atoms with Gasteiger partial charge >= 0.3 is 0 Å². The van der Waals surface area contributed by atoms with E-state index in [9.17, 15) is 0 Å². The second-order valence-electron chi connectivity index (χ2n) is 6.92. The van der Waals surface area contributed by atoms with Crippen LogP contribution in [-0.4, -0.2) is 37.7 Å². The Morgan fingerprint density at radius 3 is 2.54 bits per heavy atom. The van der Waals surface area contributed by atoms with Crippen molar-refractivity contribution >= 4 is 40.7 Å². The predicted molar refractivity (Wildman–Crippen MR) is 117 cm³/mol. The number of amidine groups is 1. The van der Waals surface area contributed by atoms with E-state index in [1.165, 1.54) is 27.8 Å². The van der Waals surface area contributed by atoms with Crippen LogP contribution in [0, 0.1) is 0 Å². The van der Waals surface area contributed by atoms with Crippen LogP contribution in [0.15, 0.2) is 47.2 Å². The summed E-state index contributed by atoms with van der Waals surface area (Å²) >= 11 is 6.30. The van der Waals surface area contributed by atoms with Crippen molar-refractivity contribution in [1.82, 2.24) is 4.67 Å². The number of hydrogen-bond donors (Lipinski definition) is 0. The second-order valence-corrected chi connectivity index (χ2v) is 10.8. The summed E-state index contributed by atoms with van der Waals surface area (Å²) in [5.41, 5.74) is 4.99. The standard InChI is InChI=1S/C20H25N4PS/c1-5-23(6-2)25(26)19-12-11-16(22(3)4)13-18(19)24-14-15-9-7-8-10-17(15)20(24)21-25/h7-13H,5-6,14H2,1-4H3. The first-order valence-corrected chi connectivity index (χ1v) is 11.8. The van der Waals surface area contributed by atoms with Gasteiger partial charge in [-0.15, -0.1) is 0 Å². The summed E-state index contributed by atoms with van der Waals surface area (Å²) in [7, 11) is 4.16. The molecule has 2 aliphatic rings. The van der Waals surface area contributed by atoms with Gasteiger partial charge in [-0.25, -0.2) is 4.76 Å². The molecule has 4 nitrogen and oxygen atoms in total. The molecular formula is C20H25N4PS. The summed E-state index contributed by atoms with van der Waals surface area (Å²) in [6, 6.07) is 15.2. The van der Waals surface area contributed by atoms with Gasteiger partial charge in [0.15, 0.2) is 6.34 Å². The zero-order valence-corrected chi connectivity index (χ0v) is 17.5. The van der Waals surface area contributed by atoms with E-state index in [0.29, 0.717) is 0 Å². The third-order valence-electron chi connectivity index (χ3n) is 5.27. The lowest BCUT2D eigenvalue weighted by Gasteiger charge is -2.38. The molecule has 26 heavy (non-hydrogen) atoms. The van der Waals surface area contributed by atoms with Gasteiger partial charge in [0.2, 0.25) is 0 Å². The van der Waals surface area contributed by atoms with Crippen LogP contribution in [0.2, 0.25) is 0 Å². The highest BCUT2D eigenvalue weighted by atomic mass is 32.4. The van der Waals surface area contributed by atoms with Crippen molar-refractivity contribution in [2.75, 3.05) is 37.0 Å². The maximum absolute atomic E-state index is 6.30. The Labute approximate surface area is 161 Å². The fourth-order valence-electron chi connectivity index (χ4n) is 3.83. The SMILES string of the molecule is CCN(CC)P1(=S)N=C2c3ccccc3CN2c2cc(N(C)C)ccc21. The molecule has 6 heteroatoms. The summed E-state index contributed by atoms with van der Waals surface area (Å²) in [6.07, 6.45) is -2.19. The summed E-state index contributed by atoms with van der Waals surface area (Å²) in [4.78, 5) is 4.50. The van der Waals surface area contributed by atoms with E-state index in [2.05, 4.69) is 84.9 Å². The van der Waals surface area contributed by atoms with Gasteiger partial charge in [0, 0.05) is 43.7 Å². The molecule has 2 heterocycles. The molecule has 0 N–H and O–H groups in total. The van der Waals surface area contributed by atoms with Gasteiger partial charge in [0.1, 0.15) is 5.84 Å². The molecule has 0 radical (unpaired) electrons. The Morgan fingerprint density at radius 1 is 1.12 bits per heavy atom. The van der Waals surface area contributed by atoms with Crippen molar-refractivity contribution in [2.45, 2.75) is 20.4 Å². The molecular weight excluding hydrogens is 359 g/mol. The molecule has 0 aliphatic carbocycles. The molecule has 0 aromatic heterocycles. The van der Waals surface area contributed by atoms with Crippen LogP contribution in [0.4, 0.5) is 11.4 Å². The highest BCUT2D eigenvalue weighted by molar-refractivity contribution is 8.16. The highest BCUT2D eigenvalue weighted by Crippen LogP contribution is 2.56. The molecule has 1 atom stereocenters. The van der Waals surface area contributed by atoms with E-state index in [1.54, 1.807) is 0 Å². The summed E-state index contributed by atoms with van der Waals surface area (Å²) < 4.78 is 7.63. The number of hydrogen-bond acceptors (Lipinski definition) is 3. The number of rotatable bonds is 4. The van der Waals surface area contributed by atoms with Crippen LogP contribution in [0.1, 0.15) is 25.0 Å². The number of anilines is 2. The van der Waals surface area contributed by atoms with Gasteiger partial charge in [-0.2, -0.15) is 0 Å². The van der Waals surface area contributed by atoms with E-state index in [4.69, 9.17) is 16.6 Å². The Bertz CT molecular complexity index is 933. The molecule has 1 unspecified atom stereocenters. The lowest BCUT2D eigenvalue weighted by atomic mass is 10.1. The Morgan fingerprint density at radius 2 is 1.85 bits per heavy atom. The molecule has 4 rings (SSSR count). The lowest BCUT2D eigenvalue weighted by Crippen LogP contribution is -2.37. The predicted octanol–water partition coefficient (Wildman–Crippen LogP) is 3.81. The lowest BCUT2D eigenvalue weighted by molar-refractivity contribution is 0.509. The largest absolute Gasteiger partial charge is 0.378 e. The van der Waals surface area contributed by atoms with Crippen LogP contribution in [-0.2, 0) is 18.4 Å². The van der Waals surface area contributed by atoms with Crippen LogP contribution < -0.4 is 15.1 Å². The Hall–Kier alpha value is -1.68. The van der Waals surface area contributed by atoms with E-state index in [0.717, 1.165) is 25.5 Å². The minimum Gasteiger partial charge on any atom is -0.378 e. The van der Waals surface area contributed by atoms with Crippen LogP contribution in [0.25, 0.3) is 0 Å². The van der Waals surface area contributed by atoms with Gasteiger partial charge in [-0.05, 0) is 23.8 Å². The molecule has 2 aromatic rings. The first-order chi connectivity index (χ1) is 12.5. The fraction of sp³-hybridized carbons (Fsp3) is 0.350. The minimum atomic E-state index is -2.19. The monoisotopic (exact) mass is 384 g/mol. The highest BCUT2D eigenvalue weighted by Gasteiger charge is 2.39. The summed E-state index contributed by atoms with van der Waals surface area (Å²) in [5.74, 6) is 1.05. The van der Waals surface area contributed by atoms with E-state index < -0.39 is 6.34 Å². The molecule has 0 saturated carbocycles. The average molecular weight is 384 g/mol. The van der Waals surface area contributed by atoms with Crippen molar-refractivity contribution in [3.63, 3.8) is 0 Å². The quantitative estimate of drug-likeness (QED) is 0.748. The van der Waals surface area contributed by atoms with Crippen molar-refractivity contribution in [3.05, 3.63) is 53.6 Å². The zero-order chi connectivity index (χ0) is 18.5. The van der Waals surface area contributed by atoms with Gasteiger partial charge < -0.3 is 9.80 Å². The van der Waals surface area contributed by atoms with Crippen LogP contribution in [0.5, 0.6) is 0 Å². The van der Waals surface area contributed by atoms with Gasteiger partial charge in [0.05, 0.1) is 12.2 Å². The molecule has 0 fully saturated rings. The number of benzene rings is 2. The van der Waals surface area contributed by atoms with E-state index in [1.807, 2.05) is 0 Å². The van der Waals surface area contributed by atoms with Crippen molar-refractivity contribution < 1.29 is 0 Å². The van der Waals surface area contributed by atoms with Gasteiger partial charge in [0.25, 0.3) is 0 Å². The molecule has 0 saturated heterocycles. The van der Waals surface area contributed by atoms with Gasteiger partial charge in [-0.3, -0.25) is 4.67 Å². The number of nitrogens with zero attached hydrogens (tertiary/aromatic N) is 4. The topological polar surface area (TPSA) is 22.1 Å². The van der Waals surface area contributed by atoms with Crippen LogP contribution in [0.3, 0.4) is 0 Å². The third kappa shape index (κ3) is 2.53. The Kier molecular flexibility index (Phi) is 4.42. The van der Waals surface area contributed by atoms with Crippen LogP contribution >= 0.6 is 6.34 Å². The molecule has 0 bridgehead atoms. The molecule has 2 aliphatic heterocycles. The normalized spacial score (nSPS) is 20.5. The smallest absolute Gasteiger partial charge is 0.153 e. The molecule has 2 aromatic carbocycles. The molecule has 136 valence electrons. The Balaban J connectivity index is 1.98. The molecule has 0 spiro atoms. The maximum Gasteiger partial charge on any atom is 0.153 e. The zero-order valence-electron chi connectivity index (χ0n) is 15.8. The number of fused-ring (bicyclic) bond motifs is 5. The summed E-state index contributed by atoms with van der Waals surface area (Å²) in [6.45, 7) is 7.07. The van der Waals surface area contributed by atoms with Gasteiger partial charge in [-0.1, -0.05) is 49.9 Å². The first-order valence-electron chi connectivity index (χ1n) is 9.13.